The molecule has 0 fully saturated rings. The molecule has 63 valence electrons. The summed E-state index contributed by atoms with van der Waals surface area (Å²) >= 11 is 3.69. The van der Waals surface area contributed by atoms with E-state index in [0.717, 1.165) is 0 Å². The first-order valence-electron chi connectivity index (χ1n) is 2.74. The number of benzene rings is 1. The summed E-state index contributed by atoms with van der Waals surface area (Å²) < 4.78 is 4.06. The first-order chi connectivity index (χ1) is 5.30. The van der Waals surface area contributed by atoms with Gasteiger partial charge < -0.3 is 9.90 Å². The Bertz CT molecular complexity index is 213. The molecule has 0 unspecified atom stereocenters. The second kappa shape index (κ2) is 5.92. The van der Waals surface area contributed by atoms with Gasteiger partial charge in [0, 0.05) is 0 Å². The van der Waals surface area contributed by atoms with Crippen molar-refractivity contribution in [3.05, 3.63) is 35.9 Å². The zero-order valence-electron chi connectivity index (χ0n) is 5.58. The van der Waals surface area contributed by atoms with Gasteiger partial charge in [0.15, 0.2) is 0 Å². The quantitative estimate of drug-likeness (QED) is 0.620. The van der Waals surface area contributed by atoms with Crippen molar-refractivity contribution < 1.29 is 26.1 Å². The van der Waals surface area contributed by atoms with Crippen LogP contribution in [0.5, 0.6) is 0 Å². The Labute approximate surface area is 73.2 Å². The Hall–Kier alpha value is -0.831. The number of carboxylic acids is 1. The molecule has 0 spiro atoms. The fourth-order valence-corrected chi connectivity index (χ4v) is 0.574. The summed E-state index contributed by atoms with van der Waals surface area (Å²) in [5.41, 5.74) is 0.220. The van der Waals surface area contributed by atoms with Crippen LogP contribution in [0.25, 0.3) is 0 Å². The Morgan fingerprint density at radius 3 is 2.00 bits per heavy atom. The van der Waals surface area contributed by atoms with Gasteiger partial charge in [0.2, 0.25) is 0 Å². The summed E-state index contributed by atoms with van der Waals surface area (Å²) in [6.45, 7) is 0. The number of nitrogens with two attached hydrogens (primary N) is 1. The summed E-state index contributed by atoms with van der Waals surface area (Å²) in [5, 5.41) is 10.1. The number of aromatic carboxylic acids is 1. The molecule has 3 nitrogen and oxygen atoms in total. The van der Waals surface area contributed by atoms with Gasteiger partial charge in [-0.3, -0.25) is 0 Å². The normalized spacial score (nSPS) is 7.91. The Balaban J connectivity index is 0.000000461. The van der Waals surface area contributed by atoms with Gasteiger partial charge in [0.05, 0.1) is 5.97 Å². The number of hydrogen-bond acceptors (Lipinski definition) is 3. The van der Waals surface area contributed by atoms with Gasteiger partial charge in [-0.2, -0.15) is 0 Å². The van der Waals surface area contributed by atoms with Crippen LogP contribution in [0, 0.1) is 0 Å². The molecule has 0 aliphatic carbocycles. The molecule has 2 N–H and O–H groups in total. The monoisotopic (exact) mass is 200 g/mol. The van der Waals surface area contributed by atoms with Gasteiger partial charge in [-0.15, -0.1) is 0 Å². The first-order valence-corrected chi connectivity index (χ1v) is 3.29. The molecule has 0 saturated heterocycles. The van der Waals surface area contributed by atoms with E-state index in [-0.39, 0.29) is 5.56 Å². The molecule has 0 bridgehead atoms. The van der Waals surface area contributed by atoms with Crippen LogP contribution in [-0.2, 0) is 16.2 Å². The first kappa shape index (κ1) is 10.2. The molecule has 4 heteroatoms. The van der Waals surface area contributed by atoms with Crippen molar-refractivity contribution in [1.29, 1.82) is 0 Å². The van der Waals surface area contributed by atoms with E-state index in [2.05, 4.69) is 21.0 Å². The van der Waals surface area contributed by atoms with Crippen molar-refractivity contribution in [3.63, 3.8) is 0 Å². The van der Waals surface area contributed by atoms with Crippen LogP contribution in [0.1, 0.15) is 10.4 Å². The fourth-order valence-electron chi connectivity index (χ4n) is 0.574. The Morgan fingerprint density at radius 2 is 1.73 bits per heavy atom. The second-order valence-electron chi connectivity index (χ2n) is 1.65. The standard InChI is InChI=1S/C7H6O2.Cu.H2N/c8-7(9)6-4-2-1-3-5-6;;/h1-5H,(H,8,9);;1H2/q;+2;-1/p-1. The van der Waals surface area contributed by atoms with E-state index >= 15 is 0 Å². The molecule has 0 aliphatic heterocycles. The average Bonchev–Trinajstić information content (AvgIpc) is 2.10. The molecule has 0 atom stereocenters. The average molecular weight is 201 g/mol. The molecule has 0 aromatic heterocycles. The van der Waals surface area contributed by atoms with Crippen molar-refractivity contribution in [2.24, 2.45) is 4.75 Å². The van der Waals surface area contributed by atoms with Crippen molar-refractivity contribution >= 4 is 5.97 Å². The topological polar surface area (TPSA) is 66.1 Å². The van der Waals surface area contributed by atoms with Gasteiger partial charge in [0.25, 0.3) is 0 Å². The predicted molar refractivity (Wildman–Crippen MR) is 35.0 cm³/mol. The number of carboxylic acid groups (broad SMARTS) is 1. The van der Waals surface area contributed by atoms with E-state index < -0.39 is 5.97 Å². The molecule has 0 radical (unpaired) electrons. The van der Waals surface area contributed by atoms with Gasteiger partial charge >= 0.3 is 21.0 Å². The number of carbonyl (C=O) groups is 1. The fraction of sp³-hybridized carbons (Fsp3) is 0. The van der Waals surface area contributed by atoms with Gasteiger partial charge in [0.1, 0.15) is 0 Å². The van der Waals surface area contributed by atoms with Crippen LogP contribution in [0.4, 0.5) is 0 Å². The summed E-state index contributed by atoms with van der Waals surface area (Å²) in [4.78, 5) is 10.1. The van der Waals surface area contributed by atoms with Crippen LogP contribution >= 0.6 is 0 Å². The molecule has 0 aliphatic rings. The molecule has 1 aromatic rings. The maximum absolute atomic E-state index is 10.1. The van der Waals surface area contributed by atoms with Crippen LogP contribution in [0.15, 0.2) is 30.3 Å². The van der Waals surface area contributed by atoms with Crippen molar-refractivity contribution in [3.8, 4) is 0 Å². The van der Waals surface area contributed by atoms with E-state index in [9.17, 15) is 9.90 Å². The summed E-state index contributed by atoms with van der Waals surface area (Å²) in [7, 11) is 0. The third-order valence-electron chi connectivity index (χ3n) is 1.01. The molecule has 0 saturated carbocycles. The van der Waals surface area contributed by atoms with Crippen LogP contribution in [-0.4, -0.2) is 5.97 Å². The molecule has 1 rings (SSSR count). The van der Waals surface area contributed by atoms with Crippen molar-refractivity contribution in [2.75, 3.05) is 0 Å². The maximum atomic E-state index is 10.1. The second-order valence-corrected chi connectivity index (χ2v) is 1.65. The third-order valence-corrected chi connectivity index (χ3v) is 1.01. The zero-order chi connectivity index (χ0) is 8.69. The number of carbonyl (C=O) groups excluding carboxylic acids is 1. The molecular weight excluding hydrogens is 194 g/mol. The molecule has 11 heavy (non-hydrogen) atoms. The summed E-state index contributed by atoms with van der Waals surface area (Å²) in [5.74, 6) is -1.13. The Kier molecular flexibility index (Phi) is 5.47. The minimum absolute atomic E-state index is 0.220. The SMILES string of the molecule is O=C([O-])c1ccccc1.[NH2][Cu+]. The summed E-state index contributed by atoms with van der Waals surface area (Å²) in [6, 6.07) is 8.06. The van der Waals surface area contributed by atoms with Crippen molar-refractivity contribution in [1.82, 2.24) is 0 Å². The predicted octanol–water partition coefficient (Wildman–Crippen LogP) is -0.543. The number of rotatable bonds is 1. The van der Waals surface area contributed by atoms with E-state index in [1.54, 1.807) is 18.2 Å². The molecule has 1 aromatic carbocycles. The van der Waals surface area contributed by atoms with Crippen LogP contribution in [0.2, 0.25) is 0 Å². The van der Waals surface area contributed by atoms with Crippen LogP contribution in [0.3, 0.4) is 0 Å². The number of hydrogen-bond donors (Lipinski definition) is 1. The molecule has 0 amide bonds. The van der Waals surface area contributed by atoms with Crippen LogP contribution < -0.4 is 9.86 Å². The van der Waals surface area contributed by atoms with Gasteiger partial charge in [-0.05, 0) is 5.56 Å². The van der Waals surface area contributed by atoms with Gasteiger partial charge in [-0.1, -0.05) is 30.3 Å². The summed E-state index contributed by atoms with van der Waals surface area (Å²) in [6.07, 6.45) is 0. The molecular formula is C7H7CuNO2. The third kappa shape index (κ3) is 3.78. The van der Waals surface area contributed by atoms with E-state index in [1.165, 1.54) is 12.1 Å². The Morgan fingerprint density at radius 1 is 1.27 bits per heavy atom. The van der Waals surface area contributed by atoms with E-state index in [0.29, 0.717) is 0 Å². The van der Waals surface area contributed by atoms with Gasteiger partial charge in [-0.25, -0.2) is 0 Å². The van der Waals surface area contributed by atoms with E-state index in [4.69, 9.17) is 0 Å². The zero-order valence-corrected chi connectivity index (χ0v) is 6.52. The minimum atomic E-state index is -1.13. The van der Waals surface area contributed by atoms with Crippen molar-refractivity contribution in [2.45, 2.75) is 0 Å². The molecule has 0 heterocycles. The van der Waals surface area contributed by atoms with E-state index in [1.807, 2.05) is 0 Å².